The van der Waals surface area contributed by atoms with E-state index in [1.165, 1.54) is 50.6 Å². The van der Waals surface area contributed by atoms with E-state index >= 15 is 0 Å². The molecular formula is C18H29N3. The van der Waals surface area contributed by atoms with Crippen molar-refractivity contribution in [1.29, 1.82) is 0 Å². The van der Waals surface area contributed by atoms with Gasteiger partial charge in [-0.25, -0.2) is 0 Å². The molecule has 3 N–H and O–H groups in total. The van der Waals surface area contributed by atoms with E-state index < -0.39 is 0 Å². The van der Waals surface area contributed by atoms with E-state index in [1.54, 1.807) is 0 Å². The van der Waals surface area contributed by atoms with Crippen LogP contribution in [-0.2, 0) is 6.54 Å². The molecule has 1 aromatic rings. The second-order valence-corrected chi connectivity index (χ2v) is 6.78. The van der Waals surface area contributed by atoms with Crippen LogP contribution in [-0.4, -0.2) is 36.1 Å². The molecule has 0 bridgehead atoms. The van der Waals surface area contributed by atoms with Crippen LogP contribution in [0.25, 0.3) is 0 Å². The van der Waals surface area contributed by atoms with Crippen molar-refractivity contribution < 1.29 is 0 Å². The summed E-state index contributed by atoms with van der Waals surface area (Å²) in [6.07, 6.45) is 7.70. The van der Waals surface area contributed by atoms with Gasteiger partial charge in [-0.05, 0) is 37.8 Å². The molecule has 0 amide bonds. The molecule has 3 rings (SSSR count). The lowest BCUT2D eigenvalue weighted by molar-refractivity contribution is 0.165. The molecule has 1 aromatic carbocycles. The van der Waals surface area contributed by atoms with E-state index in [0.29, 0.717) is 18.1 Å². The Balaban J connectivity index is 1.51. The zero-order valence-electron chi connectivity index (χ0n) is 13.0. The normalized spacial score (nSPS) is 31.2. The lowest BCUT2D eigenvalue weighted by Gasteiger charge is -2.38. The maximum Gasteiger partial charge on any atom is 0.0234 e. The maximum atomic E-state index is 6.28. The van der Waals surface area contributed by atoms with Crippen LogP contribution in [0.4, 0.5) is 0 Å². The third kappa shape index (κ3) is 4.29. The minimum absolute atomic E-state index is 0.364. The van der Waals surface area contributed by atoms with E-state index in [0.717, 1.165) is 13.1 Å². The molecular weight excluding hydrogens is 258 g/mol. The minimum atomic E-state index is 0.364. The Bertz CT molecular complexity index is 420. The highest BCUT2D eigenvalue weighted by molar-refractivity contribution is 5.14. The Labute approximate surface area is 128 Å². The number of hydrogen-bond acceptors (Lipinski definition) is 3. The molecule has 0 aromatic heterocycles. The standard InChI is InChI=1S/C18H29N3/c19-17-10-4-5-11-18(17)20-16-9-6-12-21(14-16)13-15-7-2-1-3-8-15/h1-3,7-8,16-18,20H,4-6,9-14,19H2. The van der Waals surface area contributed by atoms with Crippen LogP contribution < -0.4 is 11.1 Å². The zero-order valence-corrected chi connectivity index (χ0v) is 13.0. The van der Waals surface area contributed by atoms with Gasteiger partial charge < -0.3 is 11.1 Å². The van der Waals surface area contributed by atoms with Crippen LogP contribution in [0.1, 0.15) is 44.1 Å². The number of piperidine rings is 1. The third-order valence-corrected chi connectivity index (χ3v) is 5.02. The Kier molecular flexibility index (Phi) is 5.28. The number of nitrogens with two attached hydrogens (primary N) is 1. The average Bonchev–Trinajstić information content (AvgIpc) is 2.51. The molecule has 1 saturated carbocycles. The highest BCUT2D eigenvalue weighted by Gasteiger charge is 2.26. The summed E-state index contributed by atoms with van der Waals surface area (Å²) in [6, 6.07) is 12.4. The first-order chi connectivity index (χ1) is 10.3. The summed E-state index contributed by atoms with van der Waals surface area (Å²) in [7, 11) is 0. The lowest BCUT2D eigenvalue weighted by Crippen LogP contribution is -2.55. The molecule has 1 aliphatic heterocycles. The van der Waals surface area contributed by atoms with Crippen LogP contribution >= 0.6 is 0 Å². The van der Waals surface area contributed by atoms with Crippen molar-refractivity contribution in [2.75, 3.05) is 13.1 Å². The Morgan fingerprint density at radius 1 is 1.05 bits per heavy atom. The van der Waals surface area contributed by atoms with Gasteiger partial charge in [-0.1, -0.05) is 43.2 Å². The summed E-state index contributed by atoms with van der Waals surface area (Å²) in [5, 5.41) is 3.86. The minimum Gasteiger partial charge on any atom is -0.326 e. The van der Waals surface area contributed by atoms with Gasteiger partial charge in [0.05, 0.1) is 0 Å². The fourth-order valence-electron chi connectivity index (χ4n) is 3.85. The number of nitrogens with zero attached hydrogens (tertiary/aromatic N) is 1. The topological polar surface area (TPSA) is 41.3 Å². The van der Waals surface area contributed by atoms with Crippen molar-refractivity contribution in [3.8, 4) is 0 Å². The van der Waals surface area contributed by atoms with Gasteiger partial charge in [0.2, 0.25) is 0 Å². The molecule has 2 fully saturated rings. The first-order valence-electron chi connectivity index (χ1n) is 8.59. The van der Waals surface area contributed by atoms with Gasteiger partial charge in [-0.15, -0.1) is 0 Å². The number of nitrogens with one attached hydrogen (secondary N) is 1. The van der Waals surface area contributed by atoms with Crippen LogP contribution in [0.2, 0.25) is 0 Å². The Hall–Kier alpha value is -0.900. The second kappa shape index (κ2) is 7.39. The van der Waals surface area contributed by atoms with Gasteiger partial charge in [-0.2, -0.15) is 0 Å². The van der Waals surface area contributed by atoms with Crippen molar-refractivity contribution in [1.82, 2.24) is 10.2 Å². The number of rotatable bonds is 4. The number of hydrogen-bond donors (Lipinski definition) is 2. The second-order valence-electron chi connectivity index (χ2n) is 6.78. The van der Waals surface area contributed by atoms with Gasteiger partial charge in [0, 0.05) is 31.2 Å². The SMILES string of the molecule is NC1CCCCC1NC1CCCN(Cc2ccccc2)C1. The maximum absolute atomic E-state index is 6.28. The molecule has 0 spiro atoms. The summed E-state index contributed by atoms with van der Waals surface area (Å²) in [4.78, 5) is 2.59. The van der Waals surface area contributed by atoms with E-state index in [1.807, 2.05) is 0 Å². The van der Waals surface area contributed by atoms with Crippen LogP contribution in [0.5, 0.6) is 0 Å². The van der Waals surface area contributed by atoms with Crippen LogP contribution in [0.15, 0.2) is 30.3 Å². The molecule has 3 heteroatoms. The highest BCUT2D eigenvalue weighted by atomic mass is 15.2. The summed E-state index contributed by atoms with van der Waals surface area (Å²) < 4.78 is 0. The smallest absolute Gasteiger partial charge is 0.0234 e. The average molecular weight is 287 g/mol. The summed E-state index contributed by atoms with van der Waals surface area (Å²) >= 11 is 0. The quantitative estimate of drug-likeness (QED) is 0.894. The van der Waals surface area contributed by atoms with Gasteiger partial charge in [-0.3, -0.25) is 4.90 Å². The largest absolute Gasteiger partial charge is 0.326 e. The number of benzene rings is 1. The van der Waals surface area contributed by atoms with E-state index in [4.69, 9.17) is 5.73 Å². The predicted octanol–water partition coefficient (Wildman–Crippen LogP) is 2.51. The Morgan fingerprint density at radius 3 is 2.67 bits per heavy atom. The molecule has 21 heavy (non-hydrogen) atoms. The van der Waals surface area contributed by atoms with Gasteiger partial charge in [0.25, 0.3) is 0 Å². The van der Waals surface area contributed by atoms with E-state index in [9.17, 15) is 0 Å². The molecule has 1 heterocycles. The fraction of sp³-hybridized carbons (Fsp3) is 0.667. The highest BCUT2D eigenvalue weighted by Crippen LogP contribution is 2.20. The molecule has 2 aliphatic rings. The fourth-order valence-corrected chi connectivity index (χ4v) is 3.85. The first-order valence-corrected chi connectivity index (χ1v) is 8.59. The van der Waals surface area contributed by atoms with Gasteiger partial charge >= 0.3 is 0 Å². The summed E-state index contributed by atoms with van der Waals surface area (Å²) in [6.45, 7) is 3.47. The zero-order chi connectivity index (χ0) is 14.5. The van der Waals surface area contributed by atoms with E-state index in [-0.39, 0.29) is 0 Å². The molecule has 0 radical (unpaired) electrons. The van der Waals surface area contributed by atoms with Crippen LogP contribution in [0.3, 0.4) is 0 Å². The van der Waals surface area contributed by atoms with Crippen molar-refractivity contribution >= 4 is 0 Å². The molecule has 116 valence electrons. The molecule has 3 nitrogen and oxygen atoms in total. The van der Waals surface area contributed by atoms with Crippen molar-refractivity contribution in [3.05, 3.63) is 35.9 Å². The number of likely N-dealkylation sites (tertiary alicyclic amines) is 1. The predicted molar refractivity (Wildman–Crippen MR) is 88.1 cm³/mol. The molecule has 3 atom stereocenters. The molecule has 1 saturated heterocycles. The first kappa shape index (κ1) is 15.0. The van der Waals surface area contributed by atoms with Crippen molar-refractivity contribution in [2.24, 2.45) is 5.73 Å². The third-order valence-electron chi connectivity index (χ3n) is 5.02. The Morgan fingerprint density at radius 2 is 1.86 bits per heavy atom. The van der Waals surface area contributed by atoms with Gasteiger partial charge in [0.15, 0.2) is 0 Å². The van der Waals surface area contributed by atoms with Crippen molar-refractivity contribution in [2.45, 2.75) is 63.2 Å². The molecule has 1 aliphatic carbocycles. The molecule has 3 unspecified atom stereocenters. The van der Waals surface area contributed by atoms with Gasteiger partial charge in [0.1, 0.15) is 0 Å². The van der Waals surface area contributed by atoms with E-state index in [2.05, 4.69) is 40.5 Å². The van der Waals surface area contributed by atoms with Crippen molar-refractivity contribution in [3.63, 3.8) is 0 Å². The summed E-state index contributed by atoms with van der Waals surface area (Å²) in [5.41, 5.74) is 7.70. The summed E-state index contributed by atoms with van der Waals surface area (Å²) in [5.74, 6) is 0. The lowest BCUT2D eigenvalue weighted by atomic mass is 9.90. The monoisotopic (exact) mass is 287 g/mol. The van der Waals surface area contributed by atoms with Crippen LogP contribution in [0, 0.1) is 0 Å².